The second kappa shape index (κ2) is 9.25. The molecule has 0 radical (unpaired) electrons. The van der Waals surface area contributed by atoms with Crippen LogP contribution in [0.2, 0.25) is 0 Å². The normalized spacial score (nSPS) is 15.2. The van der Waals surface area contributed by atoms with Gasteiger partial charge in [-0.3, -0.25) is 14.2 Å². The molecule has 5 rings (SSSR count). The molecule has 1 fully saturated rings. The van der Waals surface area contributed by atoms with Crippen molar-refractivity contribution < 1.29 is 24.2 Å². The van der Waals surface area contributed by atoms with Crippen LogP contribution in [-0.2, 0) is 6.54 Å². The molecule has 4 aromatic rings. The highest BCUT2D eigenvalue weighted by Crippen LogP contribution is 2.25. The van der Waals surface area contributed by atoms with E-state index in [1.165, 1.54) is 52.1 Å². The smallest absolute Gasteiger partial charge is 0.335 e. The van der Waals surface area contributed by atoms with E-state index in [-0.39, 0.29) is 41.8 Å². The number of hydrogen-bond donors (Lipinski definition) is 2. The molecule has 10 nitrogen and oxygen atoms in total. The van der Waals surface area contributed by atoms with E-state index in [0.29, 0.717) is 35.6 Å². The maximum Gasteiger partial charge on any atom is 0.335 e. The predicted octanol–water partition coefficient (Wildman–Crippen LogP) is 2.40. The van der Waals surface area contributed by atoms with Crippen molar-refractivity contribution in [2.75, 3.05) is 13.1 Å². The van der Waals surface area contributed by atoms with Crippen LogP contribution in [0.15, 0.2) is 59.8 Å². The highest BCUT2D eigenvalue weighted by Gasteiger charge is 2.35. The van der Waals surface area contributed by atoms with Crippen LogP contribution in [0.4, 0.5) is 4.39 Å². The molecule has 11 heteroatoms. The van der Waals surface area contributed by atoms with Gasteiger partial charge in [-0.1, -0.05) is 0 Å². The van der Waals surface area contributed by atoms with Gasteiger partial charge in [-0.15, -0.1) is 0 Å². The van der Waals surface area contributed by atoms with Gasteiger partial charge < -0.3 is 15.1 Å². The van der Waals surface area contributed by atoms with E-state index in [1.807, 2.05) is 0 Å². The second-order valence-corrected chi connectivity index (χ2v) is 9.30. The zero-order chi connectivity index (χ0) is 26.3. The summed E-state index contributed by atoms with van der Waals surface area (Å²) in [4.78, 5) is 43.2. The summed E-state index contributed by atoms with van der Waals surface area (Å²) >= 11 is 0. The van der Waals surface area contributed by atoms with E-state index in [9.17, 15) is 29.0 Å². The number of carbonyl (C=O) groups excluding carboxylic acids is 1. The number of aryl methyl sites for hydroxylation is 1. The molecular formula is C26H24FN5O5. The van der Waals surface area contributed by atoms with E-state index in [1.54, 1.807) is 24.0 Å². The lowest BCUT2D eigenvalue weighted by Gasteiger charge is -2.38. The molecular weight excluding hydrogens is 481 g/mol. The number of halogens is 1. The molecule has 2 aromatic carbocycles. The molecule has 37 heavy (non-hydrogen) atoms. The first kappa shape index (κ1) is 24.3. The summed E-state index contributed by atoms with van der Waals surface area (Å²) in [5.41, 5.74) is 0.409. The number of carboxylic acids is 1. The molecule has 2 N–H and O–H groups in total. The third-order valence-corrected chi connectivity index (χ3v) is 6.78. The molecule has 1 aliphatic heterocycles. The van der Waals surface area contributed by atoms with Gasteiger partial charge in [-0.05, 0) is 67.8 Å². The molecule has 1 amide bonds. The highest BCUT2D eigenvalue weighted by molar-refractivity contribution is 5.94. The fourth-order valence-corrected chi connectivity index (χ4v) is 4.65. The number of aromatic carboxylic acids is 1. The quantitative estimate of drug-likeness (QED) is 0.426. The number of carbonyl (C=O) groups is 2. The number of fused-ring (bicyclic) bond motifs is 1. The number of aliphatic hydroxyl groups is 1. The number of carboxylic acid groups (broad SMARTS) is 1. The molecule has 1 aliphatic rings. The molecule has 190 valence electrons. The van der Waals surface area contributed by atoms with Crippen molar-refractivity contribution in [2.45, 2.75) is 31.9 Å². The third kappa shape index (κ3) is 4.60. The van der Waals surface area contributed by atoms with Crippen molar-refractivity contribution >= 4 is 22.9 Å². The van der Waals surface area contributed by atoms with Crippen molar-refractivity contribution in [1.29, 1.82) is 0 Å². The minimum Gasteiger partial charge on any atom is -0.478 e. The van der Waals surface area contributed by atoms with E-state index in [2.05, 4.69) is 10.1 Å². The molecule has 0 spiro atoms. The Morgan fingerprint density at radius 2 is 1.81 bits per heavy atom. The van der Waals surface area contributed by atoms with Crippen LogP contribution >= 0.6 is 0 Å². The Labute approximate surface area is 210 Å². The van der Waals surface area contributed by atoms with Gasteiger partial charge in [-0.2, -0.15) is 5.10 Å². The predicted molar refractivity (Wildman–Crippen MR) is 131 cm³/mol. The van der Waals surface area contributed by atoms with Crippen molar-refractivity contribution in [1.82, 2.24) is 24.2 Å². The average Bonchev–Trinajstić information content (AvgIpc) is 3.31. The zero-order valence-electron chi connectivity index (χ0n) is 20.0. The number of rotatable bonds is 5. The largest absolute Gasteiger partial charge is 0.478 e. The van der Waals surface area contributed by atoms with E-state index < -0.39 is 17.4 Å². The molecule has 3 heterocycles. The molecule has 0 saturated carbocycles. The van der Waals surface area contributed by atoms with Gasteiger partial charge in [0, 0.05) is 18.7 Å². The van der Waals surface area contributed by atoms with Gasteiger partial charge in [0.15, 0.2) is 5.65 Å². The maximum atomic E-state index is 13.2. The molecule has 0 atom stereocenters. The lowest BCUT2D eigenvalue weighted by Crippen LogP contribution is -2.49. The standard InChI is InChI=1S/C26H24FN5O5/c1-16-12-19(6-7-20(16)25(35)36)32-22-21(13-29-32)24(34)31(15-28-22)14-26(37)8-10-30(11-9-26)23(33)17-2-4-18(27)5-3-17/h2-7,12-13,15,37H,8-11,14H2,1H3,(H,35,36). The van der Waals surface area contributed by atoms with E-state index in [4.69, 9.17) is 0 Å². The first-order chi connectivity index (χ1) is 17.6. The minimum atomic E-state index is -1.21. The lowest BCUT2D eigenvalue weighted by atomic mass is 9.91. The summed E-state index contributed by atoms with van der Waals surface area (Å²) in [5, 5.41) is 25.0. The monoisotopic (exact) mass is 505 g/mol. The van der Waals surface area contributed by atoms with Crippen molar-refractivity contribution in [3.8, 4) is 5.69 Å². The maximum absolute atomic E-state index is 13.2. The summed E-state index contributed by atoms with van der Waals surface area (Å²) < 4.78 is 16.0. The number of amides is 1. The number of hydrogen-bond acceptors (Lipinski definition) is 6. The summed E-state index contributed by atoms with van der Waals surface area (Å²) in [7, 11) is 0. The number of nitrogens with zero attached hydrogens (tertiary/aromatic N) is 5. The van der Waals surface area contributed by atoms with Crippen LogP contribution in [0.1, 0.15) is 39.1 Å². The molecule has 0 unspecified atom stereocenters. The zero-order valence-corrected chi connectivity index (χ0v) is 20.0. The van der Waals surface area contributed by atoms with E-state index in [0.717, 1.165) is 0 Å². The molecule has 1 saturated heterocycles. The van der Waals surface area contributed by atoms with Crippen LogP contribution in [0.5, 0.6) is 0 Å². The fourth-order valence-electron chi connectivity index (χ4n) is 4.65. The Morgan fingerprint density at radius 1 is 1.11 bits per heavy atom. The summed E-state index contributed by atoms with van der Waals surface area (Å²) in [6.45, 7) is 2.27. The Hall–Kier alpha value is -4.38. The van der Waals surface area contributed by atoms with Crippen LogP contribution in [-0.4, -0.2) is 65.0 Å². The lowest BCUT2D eigenvalue weighted by molar-refractivity contribution is -0.0299. The van der Waals surface area contributed by atoms with Gasteiger partial charge in [-0.25, -0.2) is 18.9 Å². The number of aromatic nitrogens is 4. The second-order valence-electron chi connectivity index (χ2n) is 9.30. The van der Waals surface area contributed by atoms with Gasteiger partial charge >= 0.3 is 5.97 Å². The van der Waals surface area contributed by atoms with Crippen LogP contribution in [0, 0.1) is 12.7 Å². The van der Waals surface area contributed by atoms with E-state index >= 15 is 0 Å². The van der Waals surface area contributed by atoms with Crippen LogP contribution in [0.3, 0.4) is 0 Å². The molecule has 0 aliphatic carbocycles. The SMILES string of the molecule is Cc1cc(-n2ncc3c(=O)n(CC4(O)CCN(C(=O)c5ccc(F)cc5)CC4)cnc32)ccc1C(=O)O. The Balaban J connectivity index is 1.33. The molecule has 2 aromatic heterocycles. The topological polar surface area (TPSA) is 131 Å². The highest BCUT2D eigenvalue weighted by atomic mass is 19.1. The molecule has 0 bridgehead atoms. The Kier molecular flexibility index (Phi) is 6.08. The van der Waals surface area contributed by atoms with Crippen molar-refractivity contribution in [2.24, 2.45) is 0 Å². The first-order valence-electron chi connectivity index (χ1n) is 11.7. The van der Waals surface area contributed by atoms with Gasteiger partial charge in [0.1, 0.15) is 17.5 Å². The summed E-state index contributed by atoms with van der Waals surface area (Å²) in [6, 6.07) is 10.1. The number of benzene rings is 2. The number of likely N-dealkylation sites (tertiary alicyclic amines) is 1. The Morgan fingerprint density at radius 3 is 2.46 bits per heavy atom. The first-order valence-corrected chi connectivity index (χ1v) is 11.7. The number of piperidine rings is 1. The summed E-state index contributed by atoms with van der Waals surface area (Å²) in [6.07, 6.45) is 3.28. The third-order valence-electron chi connectivity index (χ3n) is 6.78. The van der Waals surface area contributed by atoms with Crippen LogP contribution < -0.4 is 5.56 Å². The van der Waals surface area contributed by atoms with Crippen molar-refractivity contribution in [3.63, 3.8) is 0 Å². The van der Waals surface area contributed by atoms with Gasteiger partial charge in [0.05, 0.1) is 29.6 Å². The van der Waals surface area contributed by atoms with Gasteiger partial charge in [0.25, 0.3) is 11.5 Å². The Bertz CT molecular complexity index is 1570. The fraction of sp³-hybridized carbons (Fsp3) is 0.269. The summed E-state index contributed by atoms with van der Waals surface area (Å²) in [5.74, 6) is -1.68. The van der Waals surface area contributed by atoms with Gasteiger partial charge in [0.2, 0.25) is 0 Å². The average molecular weight is 506 g/mol. The van der Waals surface area contributed by atoms with Crippen LogP contribution in [0.25, 0.3) is 16.7 Å². The van der Waals surface area contributed by atoms with Crippen molar-refractivity contribution in [3.05, 3.63) is 87.9 Å². The minimum absolute atomic E-state index is 0.00491.